The summed E-state index contributed by atoms with van der Waals surface area (Å²) >= 11 is 0. The Hall–Kier alpha value is -3.48. The van der Waals surface area contributed by atoms with Gasteiger partial charge in [-0.3, -0.25) is 9.48 Å². The minimum Gasteiger partial charge on any atom is -0.493 e. The number of carbonyl (C=O) groups excluding carboxylic acids is 1. The Morgan fingerprint density at radius 2 is 1.88 bits per heavy atom. The van der Waals surface area contributed by atoms with Crippen LogP contribution in [0.4, 0.5) is 0 Å². The summed E-state index contributed by atoms with van der Waals surface area (Å²) < 4.78 is 19.8. The van der Waals surface area contributed by atoms with E-state index in [0.29, 0.717) is 43.0 Å². The highest BCUT2D eigenvalue weighted by molar-refractivity contribution is 5.95. The van der Waals surface area contributed by atoms with Crippen LogP contribution in [0.3, 0.4) is 0 Å². The topological polar surface area (TPSA) is 65.8 Å². The highest BCUT2D eigenvalue weighted by atomic mass is 16.5. The van der Waals surface area contributed by atoms with Gasteiger partial charge < -0.3 is 19.1 Å². The molecule has 3 aromatic rings. The first kappa shape index (κ1) is 21.4. The van der Waals surface area contributed by atoms with E-state index in [1.165, 1.54) is 0 Å². The van der Waals surface area contributed by atoms with Crippen molar-refractivity contribution in [3.05, 3.63) is 59.8 Å². The van der Waals surface area contributed by atoms with Crippen molar-refractivity contribution in [1.29, 1.82) is 0 Å². The Morgan fingerprint density at radius 1 is 1.12 bits per heavy atom. The van der Waals surface area contributed by atoms with Crippen LogP contribution in [0, 0.1) is 0 Å². The van der Waals surface area contributed by atoms with Gasteiger partial charge >= 0.3 is 0 Å². The Bertz CT molecular complexity index is 1190. The van der Waals surface area contributed by atoms with E-state index >= 15 is 0 Å². The Balaban J connectivity index is 1.37. The van der Waals surface area contributed by atoms with E-state index in [9.17, 15) is 4.79 Å². The SMILES string of the molecule is COc1cc(C(=O)N2CCC3(CC2)Oc2ccccc2-c2c3cnn2C)ccc1OC(C)C. The number of fused-ring (bicyclic) bond motifs is 4. The van der Waals surface area contributed by atoms with Crippen molar-refractivity contribution < 1.29 is 19.0 Å². The molecule has 1 amide bonds. The van der Waals surface area contributed by atoms with Gasteiger partial charge in [-0.05, 0) is 44.2 Å². The Morgan fingerprint density at radius 3 is 2.61 bits per heavy atom. The molecule has 33 heavy (non-hydrogen) atoms. The minimum absolute atomic E-state index is 0.0122. The van der Waals surface area contributed by atoms with Gasteiger partial charge in [-0.15, -0.1) is 0 Å². The number of methoxy groups -OCH3 is 1. The normalized spacial score (nSPS) is 16.2. The molecule has 0 bridgehead atoms. The highest BCUT2D eigenvalue weighted by Gasteiger charge is 2.45. The van der Waals surface area contributed by atoms with Crippen molar-refractivity contribution >= 4 is 5.91 Å². The predicted octanol–water partition coefficient (Wildman–Crippen LogP) is 4.41. The van der Waals surface area contributed by atoms with Crippen LogP contribution >= 0.6 is 0 Å². The molecule has 0 aliphatic carbocycles. The van der Waals surface area contributed by atoms with Crippen molar-refractivity contribution in [3.63, 3.8) is 0 Å². The second-order valence-corrected chi connectivity index (χ2v) is 8.95. The van der Waals surface area contributed by atoms with E-state index in [1.54, 1.807) is 25.3 Å². The number of likely N-dealkylation sites (tertiary alicyclic amines) is 1. The number of benzene rings is 2. The predicted molar refractivity (Wildman–Crippen MR) is 125 cm³/mol. The van der Waals surface area contributed by atoms with Crippen molar-refractivity contribution in [2.45, 2.75) is 38.4 Å². The molecule has 0 N–H and O–H groups in total. The lowest BCUT2D eigenvalue weighted by Gasteiger charge is -2.44. The van der Waals surface area contributed by atoms with Crippen molar-refractivity contribution in [2.24, 2.45) is 7.05 Å². The number of piperidine rings is 1. The second kappa shape index (κ2) is 8.14. The number of ether oxygens (including phenoxy) is 3. The molecule has 5 rings (SSSR count). The number of carbonyl (C=O) groups is 1. The van der Waals surface area contributed by atoms with E-state index in [4.69, 9.17) is 14.2 Å². The molecular weight excluding hydrogens is 418 g/mol. The number of rotatable bonds is 4. The lowest BCUT2D eigenvalue weighted by atomic mass is 9.81. The van der Waals surface area contributed by atoms with Gasteiger partial charge in [0.25, 0.3) is 5.91 Å². The van der Waals surface area contributed by atoms with Gasteiger partial charge in [-0.2, -0.15) is 5.10 Å². The van der Waals surface area contributed by atoms with Gasteiger partial charge in [-0.25, -0.2) is 0 Å². The first-order valence-electron chi connectivity index (χ1n) is 11.4. The van der Waals surface area contributed by atoms with Gasteiger partial charge in [0.15, 0.2) is 11.5 Å². The minimum atomic E-state index is -0.471. The number of nitrogens with zero attached hydrogens (tertiary/aromatic N) is 3. The van der Waals surface area contributed by atoms with Gasteiger partial charge in [0.05, 0.1) is 25.1 Å². The average molecular weight is 448 g/mol. The molecule has 1 spiro atoms. The molecule has 172 valence electrons. The van der Waals surface area contributed by atoms with E-state index in [2.05, 4.69) is 11.2 Å². The molecule has 7 nitrogen and oxygen atoms in total. The number of amides is 1. The molecule has 2 aliphatic rings. The van der Waals surface area contributed by atoms with Gasteiger partial charge in [-0.1, -0.05) is 12.1 Å². The lowest BCUT2D eigenvalue weighted by molar-refractivity contribution is -0.00173. The van der Waals surface area contributed by atoms with E-state index in [1.807, 2.05) is 54.9 Å². The number of hydrogen-bond acceptors (Lipinski definition) is 5. The third-order valence-electron chi connectivity index (χ3n) is 6.51. The maximum Gasteiger partial charge on any atom is 0.253 e. The lowest BCUT2D eigenvalue weighted by Crippen LogP contribution is -2.49. The smallest absolute Gasteiger partial charge is 0.253 e. The number of hydrogen-bond donors (Lipinski definition) is 0. The van der Waals surface area contributed by atoms with Crippen molar-refractivity contribution in [1.82, 2.24) is 14.7 Å². The van der Waals surface area contributed by atoms with E-state index in [-0.39, 0.29) is 12.0 Å². The van der Waals surface area contributed by atoms with Crippen LogP contribution < -0.4 is 14.2 Å². The van der Waals surface area contributed by atoms with Gasteiger partial charge in [0, 0.05) is 49.7 Å². The summed E-state index contributed by atoms with van der Waals surface area (Å²) in [5.74, 6) is 2.07. The molecule has 0 atom stereocenters. The quantitative estimate of drug-likeness (QED) is 0.593. The number of para-hydroxylation sites is 1. The highest BCUT2D eigenvalue weighted by Crippen LogP contribution is 2.49. The Kier molecular flexibility index (Phi) is 5.27. The molecule has 7 heteroatoms. The van der Waals surface area contributed by atoms with Gasteiger partial charge in [0.1, 0.15) is 11.4 Å². The Labute approximate surface area is 193 Å². The van der Waals surface area contributed by atoms with Crippen LogP contribution in [-0.4, -0.2) is 46.9 Å². The van der Waals surface area contributed by atoms with Crippen molar-refractivity contribution in [3.8, 4) is 28.5 Å². The largest absolute Gasteiger partial charge is 0.493 e. The molecule has 2 aliphatic heterocycles. The van der Waals surface area contributed by atoms with Crippen LogP contribution in [0.2, 0.25) is 0 Å². The zero-order valence-electron chi connectivity index (χ0n) is 19.5. The van der Waals surface area contributed by atoms with Crippen LogP contribution in [0.1, 0.15) is 42.6 Å². The molecule has 0 saturated carbocycles. The molecule has 1 fully saturated rings. The summed E-state index contributed by atoms with van der Waals surface area (Å²) in [6.45, 7) is 5.12. The van der Waals surface area contributed by atoms with E-state index < -0.39 is 5.60 Å². The average Bonchev–Trinajstić information content (AvgIpc) is 3.22. The fourth-order valence-corrected chi connectivity index (χ4v) is 4.88. The number of aromatic nitrogens is 2. The summed E-state index contributed by atoms with van der Waals surface area (Å²) in [6, 6.07) is 13.5. The summed E-state index contributed by atoms with van der Waals surface area (Å²) in [4.78, 5) is 15.2. The summed E-state index contributed by atoms with van der Waals surface area (Å²) in [6.07, 6.45) is 3.35. The van der Waals surface area contributed by atoms with Crippen LogP contribution in [0.5, 0.6) is 17.2 Å². The monoisotopic (exact) mass is 447 g/mol. The van der Waals surface area contributed by atoms with Gasteiger partial charge in [0.2, 0.25) is 0 Å². The summed E-state index contributed by atoms with van der Waals surface area (Å²) in [7, 11) is 3.55. The van der Waals surface area contributed by atoms with Crippen LogP contribution in [-0.2, 0) is 12.6 Å². The zero-order valence-corrected chi connectivity index (χ0v) is 19.5. The maximum atomic E-state index is 13.3. The molecule has 2 aromatic carbocycles. The van der Waals surface area contributed by atoms with Crippen LogP contribution in [0.15, 0.2) is 48.7 Å². The standard InChI is InChI=1S/C26H29N3O4/c1-17(2)32-22-10-9-18(15-23(22)31-4)25(30)29-13-11-26(12-14-29)20-16-27-28(3)24(20)19-7-5-6-8-21(19)33-26/h5-10,15-17H,11-14H2,1-4H3. The van der Waals surface area contributed by atoms with Crippen molar-refractivity contribution in [2.75, 3.05) is 20.2 Å². The molecule has 0 unspecified atom stereocenters. The molecule has 3 heterocycles. The third-order valence-corrected chi connectivity index (χ3v) is 6.51. The molecule has 0 radical (unpaired) electrons. The van der Waals surface area contributed by atoms with E-state index in [0.717, 1.165) is 22.6 Å². The fraction of sp³-hybridized carbons (Fsp3) is 0.385. The third kappa shape index (κ3) is 3.61. The summed E-state index contributed by atoms with van der Waals surface area (Å²) in [5.41, 5.74) is 3.39. The summed E-state index contributed by atoms with van der Waals surface area (Å²) in [5, 5.41) is 4.53. The first-order valence-corrected chi connectivity index (χ1v) is 11.4. The maximum absolute atomic E-state index is 13.3. The second-order valence-electron chi connectivity index (χ2n) is 8.95. The fourth-order valence-electron chi connectivity index (χ4n) is 4.88. The molecule has 1 aromatic heterocycles. The number of aryl methyl sites for hydroxylation is 1. The first-order chi connectivity index (χ1) is 15.9. The molecular formula is C26H29N3O4. The zero-order chi connectivity index (χ0) is 23.2. The van der Waals surface area contributed by atoms with Crippen LogP contribution in [0.25, 0.3) is 11.3 Å². The molecule has 1 saturated heterocycles.